The molecular formula is C21H24N2O7. The average molecular weight is 416 g/mol. The third kappa shape index (κ3) is 6.40. The molecule has 160 valence electrons. The Bertz CT molecular complexity index is 892. The van der Waals surface area contributed by atoms with Crippen LogP contribution >= 0.6 is 0 Å². The molecule has 0 heterocycles. The molecule has 0 aliphatic heterocycles. The molecule has 0 saturated carbocycles. The molecule has 0 aliphatic carbocycles. The minimum absolute atomic E-state index is 0.178. The first-order valence-electron chi connectivity index (χ1n) is 8.94. The molecule has 1 N–H and O–H groups in total. The maximum atomic E-state index is 12.2. The molecule has 0 spiro atoms. The Morgan fingerprint density at radius 1 is 0.900 bits per heavy atom. The van der Waals surface area contributed by atoms with Gasteiger partial charge in [-0.05, 0) is 24.3 Å². The van der Waals surface area contributed by atoms with Gasteiger partial charge in [0.25, 0.3) is 5.91 Å². The van der Waals surface area contributed by atoms with Crippen LogP contribution in [0.2, 0.25) is 0 Å². The Kier molecular flexibility index (Phi) is 8.04. The van der Waals surface area contributed by atoms with Crippen LogP contribution in [0.25, 0.3) is 0 Å². The zero-order valence-corrected chi connectivity index (χ0v) is 17.3. The fourth-order valence-electron chi connectivity index (χ4n) is 2.45. The number of carbonyl (C=O) groups excluding carboxylic acids is 3. The topological polar surface area (TPSA) is 103 Å². The molecule has 0 aromatic heterocycles. The lowest BCUT2D eigenvalue weighted by Crippen LogP contribution is -2.37. The smallest absolute Gasteiger partial charge is 0.338 e. The minimum atomic E-state index is -0.713. The molecule has 2 rings (SSSR count). The van der Waals surface area contributed by atoms with Crippen molar-refractivity contribution in [3.8, 4) is 17.2 Å². The maximum absolute atomic E-state index is 12.2. The zero-order chi connectivity index (χ0) is 22.1. The Hall–Kier alpha value is -3.75. The molecule has 0 radical (unpaired) electrons. The molecule has 0 saturated heterocycles. The summed E-state index contributed by atoms with van der Waals surface area (Å²) < 4.78 is 20.4. The van der Waals surface area contributed by atoms with Crippen molar-refractivity contribution in [1.29, 1.82) is 0 Å². The van der Waals surface area contributed by atoms with Gasteiger partial charge in [-0.2, -0.15) is 0 Å². The second-order valence-corrected chi connectivity index (χ2v) is 6.21. The van der Waals surface area contributed by atoms with E-state index < -0.39 is 24.4 Å². The SMILES string of the molecule is COc1cccc(NC(=O)CN(C)C(=O)COC(=O)c2cc(OC)cc(OC)c2)c1. The number of anilines is 1. The monoisotopic (exact) mass is 416 g/mol. The number of hydrogen-bond acceptors (Lipinski definition) is 7. The first kappa shape index (κ1) is 22.5. The van der Waals surface area contributed by atoms with Gasteiger partial charge in [0.1, 0.15) is 17.2 Å². The molecular weight excluding hydrogens is 392 g/mol. The predicted molar refractivity (Wildman–Crippen MR) is 109 cm³/mol. The first-order valence-corrected chi connectivity index (χ1v) is 8.94. The Labute approximate surface area is 174 Å². The van der Waals surface area contributed by atoms with E-state index in [0.29, 0.717) is 22.9 Å². The highest BCUT2D eigenvalue weighted by molar-refractivity contribution is 5.95. The van der Waals surface area contributed by atoms with E-state index >= 15 is 0 Å². The van der Waals surface area contributed by atoms with Crippen LogP contribution in [0.3, 0.4) is 0 Å². The van der Waals surface area contributed by atoms with E-state index in [-0.39, 0.29) is 12.1 Å². The predicted octanol–water partition coefficient (Wildman–Crippen LogP) is 1.97. The molecule has 0 aliphatic rings. The van der Waals surface area contributed by atoms with Crippen LogP contribution in [0.1, 0.15) is 10.4 Å². The Balaban J connectivity index is 1.88. The number of esters is 1. The zero-order valence-electron chi connectivity index (χ0n) is 17.3. The minimum Gasteiger partial charge on any atom is -0.497 e. The van der Waals surface area contributed by atoms with Gasteiger partial charge in [0.05, 0.1) is 33.4 Å². The molecule has 0 bridgehead atoms. The number of benzene rings is 2. The molecule has 9 nitrogen and oxygen atoms in total. The number of nitrogens with zero attached hydrogens (tertiary/aromatic N) is 1. The van der Waals surface area contributed by atoms with Crippen molar-refractivity contribution < 1.29 is 33.3 Å². The lowest BCUT2D eigenvalue weighted by Gasteiger charge is -2.17. The van der Waals surface area contributed by atoms with Crippen molar-refractivity contribution in [2.45, 2.75) is 0 Å². The maximum Gasteiger partial charge on any atom is 0.338 e. The van der Waals surface area contributed by atoms with Gasteiger partial charge in [-0.25, -0.2) is 4.79 Å². The summed E-state index contributed by atoms with van der Waals surface area (Å²) in [5.74, 6) is -0.215. The summed E-state index contributed by atoms with van der Waals surface area (Å²) in [6, 6.07) is 11.4. The van der Waals surface area contributed by atoms with Crippen LogP contribution in [-0.2, 0) is 14.3 Å². The van der Waals surface area contributed by atoms with Crippen molar-refractivity contribution in [3.05, 3.63) is 48.0 Å². The van der Waals surface area contributed by atoms with Gasteiger partial charge in [-0.1, -0.05) is 6.07 Å². The summed E-state index contributed by atoms with van der Waals surface area (Å²) in [5, 5.41) is 2.67. The molecule has 0 unspecified atom stereocenters. The standard InChI is InChI=1S/C21H24N2O7/c1-23(12-19(24)22-15-6-5-7-16(10-15)27-2)20(25)13-30-21(26)14-8-17(28-3)11-18(9-14)29-4/h5-11H,12-13H2,1-4H3,(H,22,24). The highest BCUT2D eigenvalue weighted by Crippen LogP contribution is 2.23. The molecule has 9 heteroatoms. The van der Waals surface area contributed by atoms with E-state index in [1.54, 1.807) is 30.3 Å². The summed E-state index contributed by atoms with van der Waals surface area (Å²) in [6.45, 7) is -0.720. The quantitative estimate of drug-likeness (QED) is 0.623. The second kappa shape index (κ2) is 10.7. The normalized spacial score (nSPS) is 10.0. The van der Waals surface area contributed by atoms with E-state index in [0.717, 1.165) is 4.90 Å². The van der Waals surface area contributed by atoms with Crippen LogP contribution in [0.5, 0.6) is 17.2 Å². The Morgan fingerprint density at radius 2 is 1.53 bits per heavy atom. The number of hydrogen-bond donors (Lipinski definition) is 1. The van der Waals surface area contributed by atoms with Crippen molar-refractivity contribution in [1.82, 2.24) is 4.90 Å². The number of rotatable bonds is 9. The van der Waals surface area contributed by atoms with Crippen LogP contribution in [-0.4, -0.2) is 64.2 Å². The number of amides is 2. The summed E-state index contributed by atoms with van der Waals surface area (Å²) >= 11 is 0. The van der Waals surface area contributed by atoms with Gasteiger partial charge in [-0.3, -0.25) is 9.59 Å². The second-order valence-electron chi connectivity index (χ2n) is 6.21. The first-order chi connectivity index (χ1) is 14.4. The van der Waals surface area contributed by atoms with Gasteiger partial charge >= 0.3 is 5.97 Å². The van der Waals surface area contributed by atoms with E-state index in [1.807, 2.05) is 0 Å². The fraction of sp³-hybridized carbons (Fsp3) is 0.286. The highest BCUT2D eigenvalue weighted by atomic mass is 16.5. The Morgan fingerprint density at radius 3 is 2.13 bits per heavy atom. The summed E-state index contributed by atoms with van der Waals surface area (Å²) in [4.78, 5) is 37.8. The summed E-state index contributed by atoms with van der Waals surface area (Å²) in [7, 11) is 5.88. The van der Waals surface area contributed by atoms with Gasteiger partial charge in [-0.15, -0.1) is 0 Å². The summed E-state index contributed by atoms with van der Waals surface area (Å²) in [6.07, 6.45) is 0. The molecule has 2 aromatic rings. The van der Waals surface area contributed by atoms with Crippen molar-refractivity contribution in [3.63, 3.8) is 0 Å². The van der Waals surface area contributed by atoms with Crippen LogP contribution < -0.4 is 19.5 Å². The highest BCUT2D eigenvalue weighted by Gasteiger charge is 2.17. The lowest BCUT2D eigenvalue weighted by molar-refractivity contribution is -0.136. The molecule has 2 aromatic carbocycles. The van der Waals surface area contributed by atoms with E-state index in [9.17, 15) is 14.4 Å². The van der Waals surface area contributed by atoms with Gasteiger partial charge in [0, 0.05) is 24.9 Å². The number of likely N-dealkylation sites (N-methyl/N-ethyl adjacent to an activating group) is 1. The molecule has 2 amide bonds. The molecule has 0 atom stereocenters. The number of nitrogens with one attached hydrogen (secondary N) is 1. The molecule has 30 heavy (non-hydrogen) atoms. The third-order valence-corrected chi connectivity index (χ3v) is 4.07. The van der Waals surface area contributed by atoms with E-state index in [4.69, 9.17) is 18.9 Å². The van der Waals surface area contributed by atoms with Gasteiger partial charge in [0.15, 0.2) is 6.61 Å². The number of methoxy groups -OCH3 is 3. The van der Waals surface area contributed by atoms with Crippen LogP contribution in [0.15, 0.2) is 42.5 Å². The number of ether oxygens (including phenoxy) is 4. The number of carbonyl (C=O) groups is 3. The van der Waals surface area contributed by atoms with E-state index in [1.165, 1.54) is 40.5 Å². The van der Waals surface area contributed by atoms with E-state index in [2.05, 4.69) is 5.32 Å². The third-order valence-electron chi connectivity index (χ3n) is 4.07. The van der Waals surface area contributed by atoms with Gasteiger partial charge < -0.3 is 29.2 Å². The van der Waals surface area contributed by atoms with Crippen molar-refractivity contribution >= 4 is 23.5 Å². The largest absolute Gasteiger partial charge is 0.497 e. The fourth-order valence-corrected chi connectivity index (χ4v) is 2.45. The van der Waals surface area contributed by atoms with Gasteiger partial charge in [0.2, 0.25) is 5.91 Å². The average Bonchev–Trinajstić information content (AvgIpc) is 2.76. The summed E-state index contributed by atoms with van der Waals surface area (Å²) in [5.41, 5.74) is 0.719. The molecule has 0 fully saturated rings. The van der Waals surface area contributed by atoms with Crippen LogP contribution in [0, 0.1) is 0 Å². The lowest BCUT2D eigenvalue weighted by atomic mass is 10.2. The van der Waals surface area contributed by atoms with Crippen molar-refractivity contribution in [2.24, 2.45) is 0 Å². The van der Waals surface area contributed by atoms with Crippen LogP contribution in [0.4, 0.5) is 5.69 Å². The van der Waals surface area contributed by atoms with Crippen molar-refractivity contribution in [2.75, 3.05) is 46.8 Å².